The minimum Gasteiger partial charge on any atom is -0.310 e. The Morgan fingerprint density at radius 3 is 2.81 bits per heavy atom. The van der Waals surface area contributed by atoms with Crippen LogP contribution in [0, 0.1) is 23.6 Å². The molecule has 4 atom stereocenters. The van der Waals surface area contributed by atoms with E-state index in [0.717, 1.165) is 30.7 Å². The van der Waals surface area contributed by atoms with Gasteiger partial charge in [0.25, 0.3) is 0 Å². The third kappa shape index (κ3) is 3.30. The van der Waals surface area contributed by atoms with Crippen molar-refractivity contribution < 1.29 is 4.39 Å². The zero-order valence-corrected chi connectivity index (χ0v) is 14.7. The molecular weight excluding hydrogens is 353 g/mol. The fourth-order valence-electron chi connectivity index (χ4n) is 4.34. The quantitative estimate of drug-likeness (QED) is 0.650. The van der Waals surface area contributed by atoms with E-state index in [1.165, 1.54) is 31.7 Å². The first-order valence-electron chi connectivity index (χ1n) is 7.96. The van der Waals surface area contributed by atoms with Crippen molar-refractivity contribution in [1.29, 1.82) is 0 Å². The van der Waals surface area contributed by atoms with Crippen LogP contribution < -0.4 is 5.32 Å². The maximum atomic E-state index is 14.3. The maximum Gasteiger partial charge on any atom is 0.129 e. The number of halogens is 3. The Morgan fingerprint density at radius 1 is 1.38 bits per heavy atom. The minimum absolute atomic E-state index is 0.0740. The number of benzene rings is 1. The largest absolute Gasteiger partial charge is 0.310 e. The molecule has 1 aromatic carbocycles. The highest BCUT2D eigenvalue weighted by molar-refractivity contribution is 9.10. The molecule has 2 aliphatic carbocycles. The summed E-state index contributed by atoms with van der Waals surface area (Å²) in [5.74, 6) is 2.38. The molecule has 4 unspecified atom stereocenters. The summed E-state index contributed by atoms with van der Waals surface area (Å²) in [4.78, 5) is 0. The maximum absolute atomic E-state index is 14.3. The molecule has 0 aliphatic heterocycles. The Labute approximate surface area is 139 Å². The molecule has 2 fully saturated rings. The van der Waals surface area contributed by atoms with Gasteiger partial charge >= 0.3 is 0 Å². The van der Waals surface area contributed by atoms with Crippen LogP contribution in [0.1, 0.15) is 50.6 Å². The van der Waals surface area contributed by atoms with Crippen LogP contribution >= 0.6 is 27.5 Å². The summed E-state index contributed by atoms with van der Waals surface area (Å²) in [6, 6.07) is 3.34. The molecule has 0 radical (unpaired) electrons. The van der Waals surface area contributed by atoms with Crippen LogP contribution in [0.4, 0.5) is 4.39 Å². The molecule has 3 rings (SSSR count). The van der Waals surface area contributed by atoms with Crippen LogP contribution in [0.25, 0.3) is 0 Å². The second kappa shape index (κ2) is 6.55. The van der Waals surface area contributed by atoms with Gasteiger partial charge in [-0.1, -0.05) is 24.9 Å². The lowest BCUT2D eigenvalue weighted by molar-refractivity contribution is 0.278. The first-order valence-corrected chi connectivity index (χ1v) is 9.13. The van der Waals surface area contributed by atoms with E-state index in [1.807, 2.05) is 0 Å². The molecule has 0 aromatic heterocycles. The molecule has 4 heteroatoms. The van der Waals surface area contributed by atoms with E-state index in [-0.39, 0.29) is 11.9 Å². The first-order chi connectivity index (χ1) is 10.1. The molecule has 2 aliphatic rings. The predicted molar refractivity (Wildman–Crippen MR) is 89.1 cm³/mol. The van der Waals surface area contributed by atoms with Crippen molar-refractivity contribution in [2.24, 2.45) is 17.8 Å². The normalized spacial score (nSPS) is 29.0. The van der Waals surface area contributed by atoms with Gasteiger partial charge in [0.15, 0.2) is 0 Å². The van der Waals surface area contributed by atoms with Crippen molar-refractivity contribution in [3.63, 3.8) is 0 Å². The molecule has 1 N–H and O–H groups in total. The van der Waals surface area contributed by atoms with Gasteiger partial charge in [0.1, 0.15) is 5.82 Å². The standard InChI is InChI=1S/C17H22BrClFN/c1-2-21-17(7-12-6-10-3-4-11(12)5-10)13-8-15(19)14(18)9-16(13)20/h8-12,17,21H,2-7H2,1H3. The number of fused-ring (bicyclic) bond motifs is 2. The van der Waals surface area contributed by atoms with E-state index in [1.54, 1.807) is 6.07 Å². The average molecular weight is 375 g/mol. The summed E-state index contributed by atoms with van der Waals surface area (Å²) in [5, 5.41) is 4.04. The van der Waals surface area contributed by atoms with Gasteiger partial charge in [-0.15, -0.1) is 0 Å². The van der Waals surface area contributed by atoms with Crippen LogP contribution in [0.15, 0.2) is 16.6 Å². The molecular formula is C17H22BrClFN. The van der Waals surface area contributed by atoms with Crippen molar-refractivity contribution >= 4 is 27.5 Å². The Morgan fingerprint density at radius 2 is 2.19 bits per heavy atom. The molecule has 0 heterocycles. The van der Waals surface area contributed by atoms with Crippen molar-refractivity contribution in [2.75, 3.05) is 6.54 Å². The van der Waals surface area contributed by atoms with E-state index in [4.69, 9.17) is 11.6 Å². The summed E-state index contributed by atoms with van der Waals surface area (Å²) in [6.45, 7) is 2.92. The van der Waals surface area contributed by atoms with Gasteiger partial charge in [-0.2, -0.15) is 0 Å². The van der Waals surface area contributed by atoms with Crippen LogP contribution in [-0.2, 0) is 0 Å². The minimum atomic E-state index is -0.166. The topological polar surface area (TPSA) is 12.0 Å². The number of hydrogen-bond acceptors (Lipinski definition) is 1. The van der Waals surface area contributed by atoms with Crippen molar-refractivity contribution in [3.05, 3.63) is 33.0 Å². The summed E-state index contributed by atoms with van der Waals surface area (Å²) in [6.07, 6.45) is 6.54. The summed E-state index contributed by atoms with van der Waals surface area (Å²) < 4.78 is 15.0. The second-order valence-electron chi connectivity index (χ2n) is 6.57. The van der Waals surface area contributed by atoms with Crippen LogP contribution in [-0.4, -0.2) is 6.54 Å². The van der Waals surface area contributed by atoms with E-state index >= 15 is 0 Å². The van der Waals surface area contributed by atoms with Gasteiger partial charge in [-0.25, -0.2) is 4.39 Å². The Kier molecular flexibility index (Phi) is 4.92. The van der Waals surface area contributed by atoms with E-state index in [9.17, 15) is 4.39 Å². The van der Waals surface area contributed by atoms with Gasteiger partial charge in [0.2, 0.25) is 0 Å². The molecule has 0 amide bonds. The lowest BCUT2D eigenvalue weighted by Crippen LogP contribution is -2.26. The van der Waals surface area contributed by atoms with Gasteiger partial charge in [-0.3, -0.25) is 0 Å². The van der Waals surface area contributed by atoms with E-state index in [0.29, 0.717) is 15.1 Å². The lowest BCUT2D eigenvalue weighted by atomic mass is 9.82. The zero-order chi connectivity index (χ0) is 15.0. The number of nitrogens with one attached hydrogen (secondary N) is 1. The SMILES string of the molecule is CCNC(CC1CC2CCC1C2)c1cc(Cl)c(Br)cc1F. The van der Waals surface area contributed by atoms with E-state index in [2.05, 4.69) is 28.2 Å². The third-order valence-corrected chi connectivity index (χ3v) is 6.49. The van der Waals surface area contributed by atoms with Crippen molar-refractivity contribution in [2.45, 2.75) is 45.1 Å². The Bertz CT molecular complexity index is 522. The monoisotopic (exact) mass is 373 g/mol. The smallest absolute Gasteiger partial charge is 0.129 e. The fourth-order valence-corrected chi connectivity index (χ4v) is 4.83. The molecule has 116 valence electrons. The lowest BCUT2D eigenvalue weighted by Gasteiger charge is -2.28. The van der Waals surface area contributed by atoms with E-state index < -0.39 is 0 Å². The molecule has 2 bridgehead atoms. The highest BCUT2D eigenvalue weighted by Crippen LogP contribution is 2.51. The molecule has 1 nitrogen and oxygen atoms in total. The second-order valence-corrected chi connectivity index (χ2v) is 7.83. The third-order valence-electron chi connectivity index (χ3n) is 5.29. The average Bonchev–Trinajstić information content (AvgIpc) is 3.05. The van der Waals surface area contributed by atoms with Crippen LogP contribution in [0.5, 0.6) is 0 Å². The summed E-state index contributed by atoms with van der Waals surface area (Å²) in [5.41, 5.74) is 0.716. The highest BCUT2D eigenvalue weighted by Gasteiger charge is 2.40. The highest BCUT2D eigenvalue weighted by atomic mass is 79.9. The van der Waals surface area contributed by atoms with Gasteiger partial charge in [0.05, 0.1) is 5.02 Å². The van der Waals surface area contributed by atoms with Gasteiger partial charge in [-0.05, 0) is 78.0 Å². The Balaban J connectivity index is 1.79. The Hall–Kier alpha value is -0.120. The predicted octanol–water partition coefficient (Wildman–Crippen LogP) is 5.72. The summed E-state index contributed by atoms with van der Waals surface area (Å²) in [7, 11) is 0. The van der Waals surface area contributed by atoms with Crippen LogP contribution in [0.2, 0.25) is 5.02 Å². The first kappa shape index (κ1) is 15.8. The van der Waals surface area contributed by atoms with Crippen molar-refractivity contribution in [1.82, 2.24) is 5.32 Å². The molecule has 1 aromatic rings. The molecule has 21 heavy (non-hydrogen) atoms. The number of hydrogen-bond donors (Lipinski definition) is 1. The fraction of sp³-hybridized carbons (Fsp3) is 0.647. The van der Waals surface area contributed by atoms with Crippen molar-refractivity contribution in [3.8, 4) is 0 Å². The zero-order valence-electron chi connectivity index (χ0n) is 12.3. The molecule has 0 saturated heterocycles. The van der Waals surface area contributed by atoms with Gasteiger partial charge < -0.3 is 5.32 Å². The molecule has 2 saturated carbocycles. The number of rotatable bonds is 5. The molecule has 0 spiro atoms. The summed E-state index contributed by atoms with van der Waals surface area (Å²) >= 11 is 9.46. The van der Waals surface area contributed by atoms with Crippen LogP contribution in [0.3, 0.4) is 0 Å². The van der Waals surface area contributed by atoms with Gasteiger partial charge in [0, 0.05) is 16.1 Å².